The Balaban J connectivity index is 1.72. The summed E-state index contributed by atoms with van der Waals surface area (Å²) in [5.74, 6) is -0.459. The maximum absolute atomic E-state index is 13.4. The first-order valence-electron chi connectivity index (χ1n) is 9.13. The first kappa shape index (κ1) is 19.1. The second-order valence-electron chi connectivity index (χ2n) is 7.85. The number of rotatable bonds is 3. The zero-order valence-electron chi connectivity index (χ0n) is 15.9. The van der Waals surface area contributed by atoms with Crippen LogP contribution in [0.15, 0.2) is 48.5 Å². The molecule has 0 N–H and O–H groups in total. The van der Waals surface area contributed by atoms with Crippen LogP contribution in [0.25, 0.3) is 11.1 Å². The maximum atomic E-state index is 13.4. The van der Waals surface area contributed by atoms with Crippen LogP contribution in [0.1, 0.15) is 39.2 Å². The van der Waals surface area contributed by atoms with Crippen molar-refractivity contribution < 1.29 is 18.7 Å². The zero-order chi connectivity index (χ0) is 19.6. The van der Waals surface area contributed by atoms with Gasteiger partial charge in [0.15, 0.2) is 0 Å². The quantitative estimate of drug-likeness (QED) is 0.768. The van der Waals surface area contributed by atoms with E-state index < -0.39 is 11.7 Å². The van der Waals surface area contributed by atoms with E-state index in [9.17, 15) is 14.0 Å². The molecule has 3 rings (SSSR count). The van der Waals surface area contributed by atoms with Crippen LogP contribution in [0, 0.1) is 5.82 Å². The van der Waals surface area contributed by atoms with Crippen molar-refractivity contribution in [3.63, 3.8) is 0 Å². The highest BCUT2D eigenvalue weighted by Crippen LogP contribution is 2.26. The monoisotopic (exact) mass is 369 g/mol. The molecule has 1 atom stereocenters. The van der Waals surface area contributed by atoms with Crippen molar-refractivity contribution in [3.05, 3.63) is 59.9 Å². The summed E-state index contributed by atoms with van der Waals surface area (Å²) in [5.41, 5.74) is 2.11. The van der Waals surface area contributed by atoms with Crippen LogP contribution in [0.5, 0.6) is 0 Å². The van der Waals surface area contributed by atoms with E-state index >= 15 is 0 Å². The largest absolute Gasteiger partial charge is 0.443 e. The van der Waals surface area contributed by atoms with Crippen molar-refractivity contribution >= 4 is 12.0 Å². The number of imide groups is 1. The molecule has 1 aliphatic heterocycles. The molecule has 1 fully saturated rings. The van der Waals surface area contributed by atoms with Gasteiger partial charge < -0.3 is 4.74 Å². The van der Waals surface area contributed by atoms with Gasteiger partial charge in [0.2, 0.25) is 5.91 Å². The molecule has 2 aromatic carbocycles. The molecule has 4 nitrogen and oxygen atoms in total. The topological polar surface area (TPSA) is 46.6 Å². The summed E-state index contributed by atoms with van der Waals surface area (Å²) < 4.78 is 18.8. The van der Waals surface area contributed by atoms with Crippen molar-refractivity contribution in [2.45, 2.75) is 51.7 Å². The SMILES string of the molecule is CC(C)(C)OC(=O)N1C(=O)CC[C@H]1Cc1ccc(-c2cccc(F)c2)cc1. The van der Waals surface area contributed by atoms with E-state index in [2.05, 4.69) is 0 Å². The van der Waals surface area contributed by atoms with Crippen molar-refractivity contribution in [2.24, 2.45) is 0 Å². The number of carbonyl (C=O) groups excluding carboxylic acids is 2. The number of carbonyl (C=O) groups is 2. The summed E-state index contributed by atoms with van der Waals surface area (Å²) >= 11 is 0. The highest BCUT2D eigenvalue weighted by molar-refractivity contribution is 5.94. The Morgan fingerprint density at radius 3 is 2.48 bits per heavy atom. The highest BCUT2D eigenvalue weighted by atomic mass is 19.1. The Morgan fingerprint density at radius 2 is 1.85 bits per heavy atom. The Labute approximate surface area is 158 Å². The second kappa shape index (κ2) is 7.51. The fraction of sp³-hybridized carbons (Fsp3) is 0.364. The lowest BCUT2D eigenvalue weighted by atomic mass is 10.00. The van der Waals surface area contributed by atoms with Gasteiger partial charge >= 0.3 is 6.09 Å². The van der Waals surface area contributed by atoms with E-state index in [0.29, 0.717) is 19.3 Å². The smallest absolute Gasteiger partial charge is 0.417 e. The maximum Gasteiger partial charge on any atom is 0.417 e. The Bertz CT molecular complexity index is 839. The number of nitrogens with zero attached hydrogens (tertiary/aromatic N) is 1. The van der Waals surface area contributed by atoms with E-state index in [0.717, 1.165) is 16.7 Å². The molecule has 1 saturated heterocycles. The third-order valence-electron chi connectivity index (χ3n) is 4.50. The molecule has 1 heterocycles. The molecule has 0 bridgehead atoms. The van der Waals surface area contributed by atoms with Crippen LogP contribution >= 0.6 is 0 Å². The van der Waals surface area contributed by atoms with E-state index in [-0.39, 0.29) is 17.8 Å². The van der Waals surface area contributed by atoms with Crippen LogP contribution in [0.2, 0.25) is 0 Å². The van der Waals surface area contributed by atoms with Crippen molar-refractivity contribution in [2.75, 3.05) is 0 Å². The number of ether oxygens (including phenoxy) is 1. The van der Waals surface area contributed by atoms with E-state index in [4.69, 9.17) is 4.74 Å². The average molecular weight is 369 g/mol. The van der Waals surface area contributed by atoms with Gasteiger partial charge in [0.1, 0.15) is 11.4 Å². The first-order chi connectivity index (χ1) is 12.7. The summed E-state index contributed by atoms with van der Waals surface area (Å²) in [6.45, 7) is 5.35. The normalized spacial score (nSPS) is 17.3. The lowest BCUT2D eigenvalue weighted by Gasteiger charge is -2.27. The van der Waals surface area contributed by atoms with E-state index in [1.54, 1.807) is 26.8 Å². The molecule has 0 aliphatic carbocycles. The molecule has 2 aromatic rings. The zero-order valence-corrected chi connectivity index (χ0v) is 15.9. The van der Waals surface area contributed by atoms with Gasteiger partial charge in [-0.05, 0) is 62.4 Å². The minimum atomic E-state index is -0.642. The van der Waals surface area contributed by atoms with Crippen LogP contribution in [0.4, 0.5) is 9.18 Å². The van der Waals surface area contributed by atoms with Gasteiger partial charge in [-0.3, -0.25) is 4.79 Å². The Kier molecular flexibility index (Phi) is 5.31. The second-order valence-corrected chi connectivity index (χ2v) is 7.85. The molecular formula is C22H24FNO3. The van der Waals surface area contributed by atoms with Crippen molar-refractivity contribution in [1.29, 1.82) is 0 Å². The number of hydrogen-bond donors (Lipinski definition) is 0. The van der Waals surface area contributed by atoms with E-state index in [1.165, 1.54) is 17.0 Å². The predicted molar refractivity (Wildman–Crippen MR) is 102 cm³/mol. The van der Waals surface area contributed by atoms with Gasteiger partial charge in [0.05, 0.1) is 0 Å². The standard InChI is InChI=1S/C22H24FNO3/c1-22(2,3)27-21(26)24-19(11-12-20(24)25)13-15-7-9-16(10-8-15)17-5-4-6-18(23)14-17/h4-10,14,19H,11-13H2,1-3H3/t19-/m0/s1. The lowest BCUT2D eigenvalue weighted by Crippen LogP contribution is -2.43. The molecule has 0 saturated carbocycles. The van der Waals surface area contributed by atoms with Crippen LogP contribution in [-0.2, 0) is 16.0 Å². The minimum absolute atomic E-state index is 0.189. The summed E-state index contributed by atoms with van der Waals surface area (Å²) in [6.07, 6.45) is 0.982. The molecule has 0 aromatic heterocycles. The number of halogens is 1. The number of amides is 2. The molecular weight excluding hydrogens is 345 g/mol. The highest BCUT2D eigenvalue weighted by Gasteiger charge is 2.38. The molecule has 5 heteroatoms. The molecule has 0 unspecified atom stereocenters. The summed E-state index contributed by atoms with van der Waals surface area (Å²) in [5, 5.41) is 0. The first-order valence-corrected chi connectivity index (χ1v) is 9.13. The Morgan fingerprint density at radius 1 is 1.15 bits per heavy atom. The predicted octanol–water partition coefficient (Wildman–Crippen LogP) is 4.96. The third kappa shape index (κ3) is 4.73. The summed E-state index contributed by atoms with van der Waals surface area (Å²) in [4.78, 5) is 25.8. The van der Waals surface area contributed by atoms with Crippen molar-refractivity contribution in [3.8, 4) is 11.1 Å². The van der Waals surface area contributed by atoms with Gasteiger partial charge in [0.25, 0.3) is 0 Å². The molecule has 0 radical (unpaired) electrons. The van der Waals surface area contributed by atoms with Crippen molar-refractivity contribution in [1.82, 2.24) is 4.90 Å². The molecule has 27 heavy (non-hydrogen) atoms. The fourth-order valence-electron chi connectivity index (χ4n) is 3.27. The molecule has 142 valence electrons. The number of hydrogen-bond acceptors (Lipinski definition) is 3. The Hall–Kier alpha value is -2.69. The summed E-state index contributed by atoms with van der Waals surface area (Å²) in [6, 6.07) is 14.0. The molecule has 0 spiro atoms. The average Bonchev–Trinajstić information content (AvgIpc) is 2.94. The van der Waals surface area contributed by atoms with Gasteiger partial charge in [-0.1, -0.05) is 36.4 Å². The lowest BCUT2D eigenvalue weighted by molar-refractivity contribution is -0.128. The van der Waals surface area contributed by atoms with Gasteiger partial charge in [0, 0.05) is 12.5 Å². The molecule has 2 amide bonds. The van der Waals surface area contributed by atoms with Crippen LogP contribution in [-0.4, -0.2) is 28.5 Å². The summed E-state index contributed by atoms with van der Waals surface area (Å²) in [7, 11) is 0. The van der Waals surface area contributed by atoms with Gasteiger partial charge in [-0.15, -0.1) is 0 Å². The van der Waals surface area contributed by atoms with Gasteiger partial charge in [-0.25, -0.2) is 14.1 Å². The van der Waals surface area contributed by atoms with Crippen LogP contribution in [0.3, 0.4) is 0 Å². The molecule has 1 aliphatic rings. The fourth-order valence-corrected chi connectivity index (χ4v) is 3.27. The minimum Gasteiger partial charge on any atom is -0.443 e. The van der Waals surface area contributed by atoms with Gasteiger partial charge in [-0.2, -0.15) is 0 Å². The third-order valence-corrected chi connectivity index (χ3v) is 4.50. The van der Waals surface area contributed by atoms with Crippen LogP contribution < -0.4 is 0 Å². The van der Waals surface area contributed by atoms with E-state index in [1.807, 2.05) is 30.3 Å². The number of likely N-dealkylation sites (tertiary alicyclic amines) is 1. The number of benzene rings is 2.